The van der Waals surface area contributed by atoms with Crippen molar-refractivity contribution in [3.8, 4) is 0 Å². The van der Waals surface area contributed by atoms with Crippen molar-refractivity contribution in [2.75, 3.05) is 39.8 Å². The van der Waals surface area contributed by atoms with Gasteiger partial charge >= 0.3 is 0 Å². The summed E-state index contributed by atoms with van der Waals surface area (Å²) in [7, 11) is 2.16. The highest BCUT2D eigenvalue weighted by Gasteiger charge is 2.29. The lowest BCUT2D eigenvalue weighted by molar-refractivity contribution is -0.124. The van der Waals surface area contributed by atoms with Gasteiger partial charge in [0, 0.05) is 38.8 Å². The van der Waals surface area contributed by atoms with Crippen LogP contribution in [0, 0.1) is 11.3 Å². The molecule has 1 amide bonds. The van der Waals surface area contributed by atoms with Gasteiger partial charge in [-0.25, -0.2) is 0 Å². The van der Waals surface area contributed by atoms with Gasteiger partial charge in [-0.2, -0.15) is 0 Å². The summed E-state index contributed by atoms with van der Waals surface area (Å²) in [6.45, 7) is 15.5. The molecular formula is C16H34N4O. The van der Waals surface area contributed by atoms with E-state index < -0.39 is 6.04 Å². The van der Waals surface area contributed by atoms with Crippen LogP contribution in [-0.2, 0) is 4.79 Å². The number of carbonyl (C=O) groups excluding carboxylic acids is 1. The lowest BCUT2D eigenvalue weighted by atomic mass is 9.87. The summed E-state index contributed by atoms with van der Waals surface area (Å²) in [6, 6.07) is -0.0763. The monoisotopic (exact) mass is 298 g/mol. The van der Waals surface area contributed by atoms with E-state index >= 15 is 0 Å². The van der Waals surface area contributed by atoms with E-state index in [4.69, 9.17) is 5.73 Å². The molecule has 0 bridgehead atoms. The number of amides is 1. The minimum Gasteiger partial charge on any atom is -0.353 e. The van der Waals surface area contributed by atoms with Gasteiger partial charge in [-0.1, -0.05) is 34.6 Å². The first-order valence-electron chi connectivity index (χ1n) is 8.08. The molecule has 0 spiro atoms. The molecule has 124 valence electrons. The fourth-order valence-corrected chi connectivity index (χ4v) is 2.65. The minimum atomic E-state index is -0.460. The van der Waals surface area contributed by atoms with Gasteiger partial charge in [0.2, 0.25) is 5.91 Å². The van der Waals surface area contributed by atoms with Crippen LogP contribution in [0.15, 0.2) is 0 Å². The summed E-state index contributed by atoms with van der Waals surface area (Å²) in [6.07, 6.45) is 0. The second-order valence-corrected chi connectivity index (χ2v) is 7.74. The van der Waals surface area contributed by atoms with Crippen LogP contribution in [0.25, 0.3) is 0 Å². The zero-order valence-electron chi connectivity index (χ0n) is 14.6. The summed E-state index contributed by atoms with van der Waals surface area (Å²) in [5.74, 6) is 0.474. The molecule has 0 aromatic rings. The van der Waals surface area contributed by atoms with Gasteiger partial charge in [-0.05, 0) is 18.4 Å². The van der Waals surface area contributed by atoms with Crippen LogP contribution in [0.5, 0.6) is 0 Å². The third kappa shape index (κ3) is 5.57. The normalized spacial score (nSPS) is 21.3. The van der Waals surface area contributed by atoms with Crippen LogP contribution >= 0.6 is 0 Å². The lowest BCUT2D eigenvalue weighted by Gasteiger charge is -2.40. The predicted molar refractivity (Wildman–Crippen MR) is 88.1 cm³/mol. The van der Waals surface area contributed by atoms with Crippen molar-refractivity contribution < 1.29 is 4.79 Å². The van der Waals surface area contributed by atoms with E-state index in [1.54, 1.807) is 0 Å². The van der Waals surface area contributed by atoms with Gasteiger partial charge in [-0.3, -0.25) is 9.69 Å². The lowest BCUT2D eigenvalue weighted by Crippen LogP contribution is -2.56. The highest BCUT2D eigenvalue weighted by molar-refractivity contribution is 5.82. The number of hydrogen-bond donors (Lipinski definition) is 2. The Labute approximate surface area is 130 Å². The predicted octanol–water partition coefficient (Wildman–Crippen LogP) is 0.748. The number of rotatable bonds is 5. The molecular weight excluding hydrogens is 264 g/mol. The molecule has 3 N–H and O–H groups in total. The van der Waals surface area contributed by atoms with Gasteiger partial charge in [-0.15, -0.1) is 0 Å². The molecule has 0 aliphatic carbocycles. The van der Waals surface area contributed by atoms with Gasteiger partial charge in [0.25, 0.3) is 0 Å². The van der Waals surface area contributed by atoms with E-state index in [1.807, 2.05) is 20.8 Å². The Hall–Kier alpha value is -0.650. The molecule has 21 heavy (non-hydrogen) atoms. The van der Waals surface area contributed by atoms with E-state index in [2.05, 4.69) is 36.0 Å². The maximum atomic E-state index is 12.2. The topological polar surface area (TPSA) is 61.6 Å². The highest BCUT2D eigenvalue weighted by atomic mass is 16.2. The van der Waals surface area contributed by atoms with Crippen molar-refractivity contribution >= 4 is 5.91 Å². The summed E-state index contributed by atoms with van der Waals surface area (Å²) < 4.78 is 0. The Balaban J connectivity index is 2.54. The second kappa shape index (κ2) is 7.56. The van der Waals surface area contributed by atoms with Crippen LogP contribution in [0.2, 0.25) is 0 Å². The van der Waals surface area contributed by atoms with Crippen molar-refractivity contribution in [2.45, 2.75) is 46.7 Å². The van der Waals surface area contributed by atoms with E-state index in [-0.39, 0.29) is 11.3 Å². The number of nitrogens with zero attached hydrogens (tertiary/aromatic N) is 2. The molecule has 1 aliphatic heterocycles. The van der Waals surface area contributed by atoms with Crippen LogP contribution in [-0.4, -0.2) is 67.6 Å². The number of carbonyl (C=O) groups is 1. The minimum absolute atomic E-state index is 0.0396. The molecule has 0 aromatic carbocycles. The Morgan fingerprint density at radius 3 is 2.14 bits per heavy atom. The largest absolute Gasteiger partial charge is 0.353 e. The Morgan fingerprint density at radius 1 is 1.19 bits per heavy atom. The maximum Gasteiger partial charge on any atom is 0.237 e. The first-order chi connectivity index (χ1) is 9.62. The van der Waals surface area contributed by atoms with E-state index in [0.29, 0.717) is 18.5 Å². The fourth-order valence-electron chi connectivity index (χ4n) is 2.65. The average Bonchev–Trinajstić information content (AvgIpc) is 2.38. The van der Waals surface area contributed by atoms with Gasteiger partial charge < -0.3 is 16.0 Å². The van der Waals surface area contributed by atoms with Crippen LogP contribution in [0.3, 0.4) is 0 Å². The zero-order chi connectivity index (χ0) is 16.2. The Bertz CT molecular complexity index is 330. The summed E-state index contributed by atoms with van der Waals surface area (Å²) in [5, 5.41) is 3.06. The Morgan fingerprint density at radius 2 is 1.71 bits per heavy atom. The number of nitrogens with one attached hydrogen (secondary N) is 1. The first-order valence-corrected chi connectivity index (χ1v) is 8.08. The number of piperazine rings is 1. The average molecular weight is 298 g/mol. The van der Waals surface area contributed by atoms with E-state index in [1.165, 1.54) is 0 Å². The standard InChI is InChI=1S/C16H34N4O/c1-12(2)13(20-9-7-19(6)8-10-20)11-18-15(21)14(17)16(3,4)5/h12-14H,7-11,17H2,1-6H3,(H,18,21)/t13?,14-/m1/s1. The third-order valence-electron chi connectivity index (χ3n) is 4.48. The van der Waals surface area contributed by atoms with Gasteiger partial charge in [0.15, 0.2) is 0 Å². The summed E-state index contributed by atoms with van der Waals surface area (Å²) in [5.41, 5.74) is 5.82. The molecule has 5 nitrogen and oxygen atoms in total. The van der Waals surface area contributed by atoms with Crippen LogP contribution in [0.4, 0.5) is 0 Å². The van der Waals surface area contributed by atoms with Crippen molar-refractivity contribution in [3.63, 3.8) is 0 Å². The number of nitrogens with two attached hydrogens (primary N) is 1. The third-order valence-corrected chi connectivity index (χ3v) is 4.48. The molecule has 1 unspecified atom stereocenters. The molecule has 0 saturated carbocycles. The van der Waals surface area contributed by atoms with Crippen molar-refractivity contribution in [1.82, 2.24) is 15.1 Å². The van der Waals surface area contributed by atoms with Gasteiger partial charge in [0.05, 0.1) is 6.04 Å². The molecule has 0 aromatic heterocycles. The quantitative estimate of drug-likeness (QED) is 0.786. The van der Waals surface area contributed by atoms with Crippen molar-refractivity contribution in [2.24, 2.45) is 17.1 Å². The smallest absolute Gasteiger partial charge is 0.237 e. The van der Waals surface area contributed by atoms with Crippen molar-refractivity contribution in [1.29, 1.82) is 0 Å². The van der Waals surface area contributed by atoms with E-state index in [9.17, 15) is 4.79 Å². The highest BCUT2D eigenvalue weighted by Crippen LogP contribution is 2.18. The van der Waals surface area contributed by atoms with Crippen molar-refractivity contribution in [3.05, 3.63) is 0 Å². The molecule has 2 atom stereocenters. The zero-order valence-corrected chi connectivity index (χ0v) is 14.6. The van der Waals surface area contributed by atoms with Crippen LogP contribution in [0.1, 0.15) is 34.6 Å². The van der Waals surface area contributed by atoms with Gasteiger partial charge in [0.1, 0.15) is 0 Å². The maximum absolute atomic E-state index is 12.2. The van der Waals surface area contributed by atoms with Crippen LogP contribution < -0.4 is 11.1 Å². The SMILES string of the molecule is CC(C)C(CNC(=O)[C@@H](N)C(C)(C)C)N1CCN(C)CC1. The molecule has 1 saturated heterocycles. The number of likely N-dealkylation sites (N-methyl/N-ethyl adjacent to an activating group) is 1. The molecule has 0 radical (unpaired) electrons. The first kappa shape index (κ1) is 18.4. The number of hydrogen-bond acceptors (Lipinski definition) is 4. The summed E-state index contributed by atoms with van der Waals surface area (Å²) in [4.78, 5) is 17.0. The molecule has 1 fully saturated rings. The summed E-state index contributed by atoms with van der Waals surface area (Å²) >= 11 is 0. The second-order valence-electron chi connectivity index (χ2n) is 7.74. The fraction of sp³-hybridized carbons (Fsp3) is 0.938. The van der Waals surface area contributed by atoms with E-state index in [0.717, 1.165) is 26.2 Å². The molecule has 1 heterocycles. The molecule has 1 aliphatic rings. The molecule has 1 rings (SSSR count). The molecule has 5 heteroatoms. The Kier molecular flexibility index (Phi) is 6.63.